The summed E-state index contributed by atoms with van der Waals surface area (Å²) in [6, 6.07) is 5.45. The molecule has 0 spiro atoms. The summed E-state index contributed by atoms with van der Waals surface area (Å²) in [6.45, 7) is 4.46. The first-order valence-corrected chi connectivity index (χ1v) is 6.19. The molecule has 0 aromatic heterocycles. The number of hydrogen-bond donors (Lipinski definition) is 1. The van der Waals surface area contributed by atoms with Crippen molar-refractivity contribution in [2.24, 2.45) is 5.92 Å². The molecule has 0 amide bonds. The van der Waals surface area contributed by atoms with E-state index in [0.29, 0.717) is 5.75 Å². The second-order valence-electron chi connectivity index (χ2n) is 4.33. The Morgan fingerprint density at radius 3 is 3.00 bits per heavy atom. The third-order valence-corrected chi connectivity index (χ3v) is 3.60. The molecule has 2 nitrogen and oxygen atoms in total. The summed E-state index contributed by atoms with van der Waals surface area (Å²) in [7, 11) is 0. The lowest BCUT2D eigenvalue weighted by atomic mass is 10.00. The quantitative estimate of drug-likeness (QED) is 0.845. The van der Waals surface area contributed by atoms with E-state index in [9.17, 15) is 5.11 Å². The smallest absolute Gasteiger partial charge is 0.117 e. The molecule has 0 aliphatic carbocycles. The zero-order chi connectivity index (χ0) is 10.8. The maximum atomic E-state index is 9.49. The van der Waals surface area contributed by atoms with Gasteiger partial charge in [0, 0.05) is 23.6 Å². The zero-order valence-electron chi connectivity index (χ0n) is 8.91. The molecule has 1 aliphatic heterocycles. The summed E-state index contributed by atoms with van der Waals surface area (Å²) in [5.74, 6) is 1.08. The van der Waals surface area contributed by atoms with Crippen LogP contribution in [0.2, 0.25) is 0 Å². The fourth-order valence-corrected chi connectivity index (χ4v) is 2.65. The number of hydrogen-bond acceptors (Lipinski definition) is 2. The third-order valence-electron chi connectivity index (χ3n) is 2.93. The van der Waals surface area contributed by atoms with Crippen molar-refractivity contribution in [2.75, 3.05) is 18.0 Å². The van der Waals surface area contributed by atoms with E-state index in [1.165, 1.54) is 12.8 Å². The molecule has 2 rings (SSSR count). The molecular weight excluding hydrogens is 254 g/mol. The summed E-state index contributed by atoms with van der Waals surface area (Å²) in [4.78, 5) is 2.35. The summed E-state index contributed by atoms with van der Waals surface area (Å²) in [5, 5.41) is 9.49. The average Bonchev–Trinajstić information content (AvgIpc) is 2.22. The minimum atomic E-state index is 0.339. The number of benzene rings is 1. The van der Waals surface area contributed by atoms with Crippen LogP contribution in [-0.4, -0.2) is 18.2 Å². The van der Waals surface area contributed by atoms with Gasteiger partial charge in [0.05, 0.1) is 5.69 Å². The Morgan fingerprint density at radius 1 is 1.47 bits per heavy atom. The Hall–Kier alpha value is -0.700. The van der Waals surface area contributed by atoms with Crippen LogP contribution < -0.4 is 4.90 Å². The van der Waals surface area contributed by atoms with Crippen LogP contribution >= 0.6 is 15.9 Å². The van der Waals surface area contributed by atoms with E-state index in [4.69, 9.17) is 0 Å². The predicted molar refractivity (Wildman–Crippen MR) is 66.4 cm³/mol. The molecule has 3 heteroatoms. The van der Waals surface area contributed by atoms with Gasteiger partial charge in [-0.15, -0.1) is 0 Å². The van der Waals surface area contributed by atoms with Gasteiger partial charge in [-0.3, -0.25) is 0 Å². The van der Waals surface area contributed by atoms with Crippen LogP contribution in [-0.2, 0) is 0 Å². The van der Waals surface area contributed by atoms with Gasteiger partial charge in [0.2, 0.25) is 0 Å². The van der Waals surface area contributed by atoms with Crippen LogP contribution in [0.5, 0.6) is 5.75 Å². The molecule has 0 saturated carbocycles. The molecule has 0 bridgehead atoms. The normalized spacial score (nSPS) is 21.7. The average molecular weight is 270 g/mol. The Labute approximate surface area is 99.0 Å². The number of halogens is 1. The summed E-state index contributed by atoms with van der Waals surface area (Å²) in [5.41, 5.74) is 1.11. The monoisotopic (exact) mass is 269 g/mol. The van der Waals surface area contributed by atoms with Crippen molar-refractivity contribution >= 4 is 21.6 Å². The maximum Gasteiger partial charge on any atom is 0.117 e. The molecule has 1 aliphatic rings. The van der Waals surface area contributed by atoms with Gasteiger partial charge in [0.1, 0.15) is 5.75 Å². The van der Waals surface area contributed by atoms with Crippen molar-refractivity contribution in [1.29, 1.82) is 0 Å². The first-order chi connectivity index (χ1) is 7.16. The van der Waals surface area contributed by atoms with Crippen molar-refractivity contribution < 1.29 is 5.11 Å². The highest BCUT2D eigenvalue weighted by atomic mass is 79.9. The third kappa shape index (κ3) is 2.46. The Balaban J connectivity index is 2.24. The molecule has 1 N–H and O–H groups in total. The second kappa shape index (κ2) is 4.44. The van der Waals surface area contributed by atoms with E-state index in [1.54, 1.807) is 6.07 Å². The highest BCUT2D eigenvalue weighted by Crippen LogP contribution is 2.32. The minimum Gasteiger partial charge on any atom is -0.508 e. The molecule has 1 aromatic rings. The van der Waals surface area contributed by atoms with Gasteiger partial charge in [-0.2, -0.15) is 0 Å². The van der Waals surface area contributed by atoms with E-state index in [0.717, 1.165) is 29.2 Å². The minimum absolute atomic E-state index is 0.339. The molecule has 1 saturated heterocycles. The van der Waals surface area contributed by atoms with E-state index in [-0.39, 0.29) is 0 Å². The number of phenols is 1. The number of nitrogens with zero attached hydrogens (tertiary/aromatic N) is 1. The van der Waals surface area contributed by atoms with Crippen LogP contribution in [0.15, 0.2) is 22.7 Å². The van der Waals surface area contributed by atoms with Gasteiger partial charge < -0.3 is 10.0 Å². The number of aromatic hydroxyl groups is 1. The van der Waals surface area contributed by atoms with Gasteiger partial charge >= 0.3 is 0 Å². The van der Waals surface area contributed by atoms with Crippen LogP contribution in [0.25, 0.3) is 0 Å². The van der Waals surface area contributed by atoms with Crippen molar-refractivity contribution in [2.45, 2.75) is 19.8 Å². The van der Waals surface area contributed by atoms with E-state index >= 15 is 0 Å². The standard InChI is InChI=1S/C12H16BrNO/c1-9-3-2-6-14(8-9)12-7-10(15)4-5-11(12)13/h4-5,7,9,15H,2-3,6,8H2,1H3. The Kier molecular flexibility index (Phi) is 3.19. The molecular formula is C12H16BrNO. The Morgan fingerprint density at radius 2 is 2.27 bits per heavy atom. The lowest BCUT2D eigenvalue weighted by Crippen LogP contribution is -2.34. The van der Waals surface area contributed by atoms with Crippen molar-refractivity contribution in [3.63, 3.8) is 0 Å². The molecule has 82 valence electrons. The van der Waals surface area contributed by atoms with E-state index in [1.807, 2.05) is 12.1 Å². The lowest BCUT2D eigenvalue weighted by Gasteiger charge is -2.33. The largest absolute Gasteiger partial charge is 0.508 e. The van der Waals surface area contributed by atoms with Crippen molar-refractivity contribution in [1.82, 2.24) is 0 Å². The summed E-state index contributed by atoms with van der Waals surface area (Å²) >= 11 is 3.53. The first-order valence-electron chi connectivity index (χ1n) is 5.40. The van der Waals surface area contributed by atoms with Gasteiger partial charge in [-0.05, 0) is 46.8 Å². The topological polar surface area (TPSA) is 23.5 Å². The Bertz CT molecular complexity index is 353. The number of phenolic OH excluding ortho intramolecular Hbond substituents is 1. The summed E-state index contributed by atoms with van der Waals surface area (Å²) in [6.07, 6.45) is 2.55. The first kappa shape index (κ1) is 10.8. The zero-order valence-corrected chi connectivity index (χ0v) is 10.5. The van der Waals surface area contributed by atoms with Gasteiger partial charge in [0.15, 0.2) is 0 Å². The van der Waals surface area contributed by atoms with Crippen LogP contribution in [0.3, 0.4) is 0 Å². The van der Waals surface area contributed by atoms with Crippen LogP contribution in [0.1, 0.15) is 19.8 Å². The fraction of sp³-hybridized carbons (Fsp3) is 0.500. The molecule has 1 unspecified atom stereocenters. The number of piperidine rings is 1. The number of rotatable bonds is 1. The second-order valence-corrected chi connectivity index (χ2v) is 5.18. The van der Waals surface area contributed by atoms with Crippen molar-refractivity contribution in [3.8, 4) is 5.75 Å². The molecule has 15 heavy (non-hydrogen) atoms. The fourth-order valence-electron chi connectivity index (χ4n) is 2.15. The van der Waals surface area contributed by atoms with Crippen LogP contribution in [0, 0.1) is 5.92 Å². The number of anilines is 1. The lowest BCUT2D eigenvalue weighted by molar-refractivity contribution is 0.444. The molecule has 1 aromatic carbocycles. The van der Waals surface area contributed by atoms with E-state index < -0.39 is 0 Å². The molecule has 0 radical (unpaired) electrons. The highest BCUT2D eigenvalue weighted by molar-refractivity contribution is 9.10. The molecule has 1 atom stereocenters. The van der Waals surface area contributed by atoms with Crippen molar-refractivity contribution in [3.05, 3.63) is 22.7 Å². The highest BCUT2D eigenvalue weighted by Gasteiger charge is 2.18. The maximum absolute atomic E-state index is 9.49. The predicted octanol–water partition coefficient (Wildman–Crippen LogP) is 3.39. The molecule has 1 fully saturated rings. The van der Waals surface area contributed by atoms with Gasteiger partial charge in [0.25, 0.3) is 0 Å². The van der Waals surface area contributed by atoms with Gasteiger partial charge in [-0.1, -0.05) is 6.92 Å². The van der Waals surface area contributed by atoms with E-state index in [2.05, 4.69) is 27.8 Å². The van der Waals surface area contributed by atoms with Crippen LogP contribution in [0.4, 0.5) is 5.69 Å². The van der Waals surface area contributed by atoms with Gasteiger partial charge in [-0.25, -0.2) is 0 Å². The SMILES string of the molecule is CC1CCCN(c2cc(O)ccc2Br)C1. The summed E-state index contributed by atoms with van der Waals surface area (Å²) < 4.78 is 1.06. The molecule has 1 heterocycles.